The Morgan fingerprint density at radius 2 is 2.32 bits per heavy atom. The molecule has 1 aliphatic rings. The van der Waals surface area contributed by atoms with Crippen molar-refractivity contribution in [3.05, 3.63) is 40.8 Å². The van der Waals surface area contributed by atoms with E-state index >= 15 is 0 Å². The number of hydrogen-bond donors (Lipinski definition) is 0. The molecule has 3 nitrogen and oxygen atoms in total. The van der Waals surface area contributed by atoms with Crippen LogP contribution in [0, 0.1) is 17.1 Å². The second-order valence-electron chi connectivity index (χ2n) is 4.97. The van der Waals surface area contributed by atoms with Gasteiger partial charge in [-0.2, -0.15) is 5.26 Å². The lowest BCUT2D eigenvalue weighted by molar-refractivity contribution is 0.309. The van der Waals surface area contributed by atoms with Crippen LogP contribution in [0.3, 0.4) is 0 Å². The molecule has 3 rings (SSSR count). The van der Waals surface area contributed by atoms with Gasteiger partial charge < -0.3 is 4.90 Å². The van der Waals surface area contributed by atoms with Gasteiger partial charge in [-0.25, -0.2) is 9.37 Å². The Morgan fingerprint density at radius 1 is 1.47 bits per heavy atom. The third-order valence-corrected chi connectivity index (χ3v) is 3.69. The van der Waals surface area contributed by atoms with Gasteiger partial charge in [0.15, 0.2) is 0 Å². The van der Waals surface area contributed by atoms with E-state index in [4.69, 9.17) is 5.26 Å². The minimum atomic E-state index is -0.307. The molecule has 1 aromatic heterocycles. The summed E-state index contributed by atoms with van der Waals surface area (Å²) in [6.07, 6.45) is 1.12. The number of benzene rings is 1. The van der Waals surface area contributed by atoms with Crippen LogP contribution < -0.4 is 0 Å². The summed E-state index contributed by atoms with van der Waals surface area (Å²) in [5, 5.41) is 9.81. The summed E-state index contributed by atoms with van der Waals surface area (Å²) >= 11 is 0. The van der Waals surface area contributed by atoms with Crippen LogP contribution in [-0.4, -0.2) is 23.5 Å². The Morgan fingerprint density at radius 3 is 3.11 bits per heavy atom. The number of hydrogen-bond acceptors (Lipinski definition) is 3. The van der Waals surface area contributed by atoms with Crippen LogP contribution >= 0.6 is 0 Å². The van der Waals surface area contributed by atoms with Crippen molar-refractivity contribution >= 4 is 10.9 Å². The van der Waals surface area contributed by atoms with Crippen molar-refractivity contribution < 1.29 is 4.39 Å². The second-order valence-corrected chi connectivity index (χ2v) is 4.97. The number of nitriles is 1. The van der Waals surface area contributed by atoms with Crippen molar-refractivity contribution in [2.24, 2.45) is 0 Å². The van der Waals surface area contributed by atoms with E-state index in [2.05, 4.69) is 23.0 Å². The van der Waals surface area contributed by atoms with Gasteiger partial charge in [-0.05, 0) is 24.2 Å². The number of nitrogens with zero attached hydrogens (tertiary/aromatic N) is 3. The maximum atomic E-state index is 13.9. The Labute approximate surface area is 111 Å². The molecule has 0 saturated carbocycles. The number of para-hydroxylation sites is 1. The Hall–Kier alpha value is -1.99. The molecule has 0 aliphatic carbocycles. The van der Waals surface area contributed by atoms with E-state index < -0.39 is 0 Å². The Balaban J connectivity index is 2.34. The number of rotatable bonds is 1. The second kappa shape index (κ2) is 4.60. The zero-order valence-electron chi connectivity index (χ0n) is 10.8. The van der Waals surface area contributed by atoms with Crippen LogP contribution in [0.1, 0.15) is 16.8 Å². The molecule has 2 aromatic rings. The van der Waals surface area contributed by atoms with Crippen LogP contribution in [-0.2, 0) is 19.4 Å². The van der Waals surface area contributed by atoms with Crippen LogP contribution in [0.15, 0.2) is 18.2 Å². The minimum absolute atomic E-state index is 0.304. The van der Waals surface area contributed by atoms with Gasteiger partial charge in [0.2, 0.25) is 0 Å². The van der Waals surface area contributed by atoms with Crippen molar-refractivity contribution in [1.82, 2.24) is 9.88 Å². The normalized spacial score (nSPS) is 15.2. The molecule has 2 heterocycles. The molecule has 0 unspecified atom stereocenters. The summed E-state index contributed by atoms with van der Waals surface area (Å²) in [7, 11) is 2.05. The molecule has 0 radical (unpaired) electrons. The Bertz CT molecular complexity index is 688. The van der Waals surface area contributed by atoms with Gasteiger partial charge >= 0.3 is 0 Å². The zero-order valence-corrected chi connectivity index (χ0v) is 10.8. The molecule has 96 valence electrons. The number of likely N-dealkylation sites (N-methyl/N-ethyl adjacent to an activating group) is 1. The van der Waals surface area contributed by atoms with Crippen molar-refractivity contribution in [2.45, 2.75) is 19.4 Å². The van der Waals surface area contributed by atoms with E-state index in [-0.39, 0.29) is 5.82 Å². The number of halogens is 1. The smallest absolute Gasteiger partial charge is 0.149 e. The topological polar surface area (TPSA) is 39.9 Å². The van der Waals surface area contributed by atoms with Gasteiger partial charge in [0.05, 0.1) is 12.5 Å². The maximum Gasteiger partial charge on any atom is 0.149 e. The average molecular weight is 255 g/mol. The molecule has 0 atom stereocenters. The van der Waals surface area contributed by atoms with Gasteiger partial charge in [-0.1, -0.05) is 12.1 Å². The van der Waals surface area contributed by atoms with E-state index in [1.54, 1.807) is 6.07 Å². The van der Waals surface area contributed by atoms with Crippen molar-refractivity contribution in [2.75, 3.05) is 13.6 Å². The van der Waals surface area contributed by atoms with E-state index in [0.717, 1.165) is 41.7 Å². The number of pyridine rings is 1. The first kappa shape index (κ1) is 12.1. The fourth-order valence-corrected chi connectivity index (χ4v) is 2.73. The fourth-order valence-electron chi connectivity index (χ4n) is 2.73. The molecule has 19 heavy (non-hydrogen) atoms. The first-order valence-corrected chi connectivity index (χ1v) is 6.35. The molecule has 1 aliphatic heterocycles. The van der Waals surface area contributed by atoms with E-state index in [0.29, 0.717) is 11.9 Å². The molecule has 0 N–H and O–H groups in total. The Kier molecular flexibility index (Phi) is 2.92. The molecule has 0 saturated heterocycles. The van der Waals surface area contributed by atoms with Crippen LogP contribution in [0.5, 0.6) is 0 Å². The van der Waals surface area contributed by atoms with E-state index in [1.807, 2.05) is 6.07 Å². The lowest BCUT2D eigenvalue weighted by Gasteiger charge is -2.26. The lowest BCUT2D eigenvalue weighted by Crippen LogP contribution is -2.28. The number of fused-ring (bicyclic) bond motifs is 2. The SMILES string of the molecule is CN1CCc2nc3c(F)cccc3c(CC#N)c2C1. The highest BCUT2D eigenvalue weighted by molar-refractivity contribution is 5.84. The van der Waals surface area contributed by atoms with Gasteiger partial charge in [0.25, 0.3) is 0 Å². The highest BCUT2D eigenvalue weighted by atomic mass is 19.1. The van der Waals surface area contributed by atoms with Crippen LogP contribution in [0.4, 0.5) is 4.39 Å². The minimum Gasteiger partial charge on any atom is -0.302 e. The standard InChI is InChI=1S/C15H14FN3/c1-19-8-6-14-12(9-19)10(5-7-17)11-3-2-4-13(16)15(11)18-14/h2-4H,5-6,8-9H2,1H3. The van der Waals surface area contributed by atoms with Crippen molar-refractivity contribution in [3.8, 4) is 6.07 Å². The summed E-state index contributed by atoms with van der Waals surface area (Å²) in [5.74, 6) is -0.307. The van der Waals surface area contributed by atoms with Crippen LogP contribution in [0.25, 0.3) is 10.9 Å². The average Bonchev–Trinajstić information content (AvgIpc) is 2.40. The predicted octanol–water partition coefficient (Wildman–Crippen LogP) is 2.43. The molecule has 0 bridgehead atoms. The number of aromatic nitrogens is 1. The summed E-state index contributed by atoms with van der Waals surface area (Å²) in [5.41, 5.74) is 3.39. The largest absolute Gasteiger partial charge is 0.302 e. The highest BCUT2D eigenvalue weighted by Gasteiger charge is 2.21. The highest BCUT2D eigenvalue weighted by Crippen LogP contribution is 2.29. The predicted molar refractivity (Wildman–Crippen MR) is 71.1 cm³/mol. The fraction of sp³-hybridized carbons (Fsp3) is 0.333. The van der Waals surface area contributed by atoms with Crippen LogP contribution in [0.2, 0.25) is 0 Å². The molecule has 4 heteroatoms. The van der Waals surface area contributed by atoms with E-state index in [1.165, 1.54) is 6.07 Å². The van der Waals surface area contributed by atoms with Gasteiger partial charge in [0, 0.05) is 30.6 Å². The molecular formula is C15H14FN3. The molecular weight excluding hydrogens is 241 g/mol. The van der Waals surface area contributed by atoms with Crippen molar-refractivity contribution in [1.29, 1.82) is 5.26 Å². The van der Waals surface area contributed by atoms with E-state index in [9.17, 15) is 4.39 Å². The third-order valence-electron chi connectivity index (χ3n) is 3.69. The van der Waals surface area contributed by atoms with Gasteiger partial charge in [-0.15, -0.1) is 0 Å². The monoisotopic (exact) mass is 255 g/mol. The molecule has 0 fully saturated rings. The molecule has 0 spiro atoms. The summed E-state index contributed by atoms with van der Waals surface area (Å²) in [6.45, 7) is 1.71. The summed E-state index contributed by atoms with van der Waals surface area (Å²) < 4.78 is 13.9. The van der Waals surface area contributed by atoms with Gasteiger partial charge in [0.1, 0.15) is 11.3 Å². The first-order valence-electron chi connectivity index (χ1n) is 6.35. The maximum absolute atomic E-state index is 13.9. The molecule has 1 aromatic carbocycles. The van der Waals surface area contributed by atoms with Gasteiger partial charge in [-0.3, -0.25) is 0 Å². The quantitative estimate of drug-likeness (QED) is 0.785. The zero-order chi connectivity index (χ0) is 13.4. The lowest BCUT2D eigenvalue weighted by atomic mass is 9.94. The third kappa shape index (κ3) is 1.96. The summed E-state index contributed by atoms with van der Waals surface area (Å²) in [4.78, 5) is 6.69. The summed E-state index contributed by atoms with van der Waals surface area (Å²) in [6, 6.07) is 7.15. The van der Waals surface area contributed by atoms with Crippen molar-refractivity contribution in [3.63, 3.8) is 0 Å². The molecule has 0 amide bonds. The first-order chi connectivity index (χ1) is 9.20.